The van der Waals surface area contributed by atoms with Crippen molar-refractivity contribution in [3.63, 3.8) is 0 Å². The molecule has 1 saturated heterocycles. The van der Waals surface area contributed by atoms with Gasteiger partial charge in [-0.2, -0.15) is 0 Å². The minimum absolute atomic E-state index is 0. The van der Waals surface area contributed by atoms with Crippen LogP contribution >= 0.6 is 24.8 Å². The average molecular weight is 411 g/mol. The van der Waals surface area contributed by atoms with Crippen molar-refractivity contribution in [1.29, 1.82) is 0 Å². The third-order valence-electron chi connectivity index (χ3n) is 6.91. The quantitative estimate of drug-likeness (QED) is 0.669. The highest BCUT2D eigenvalue weighted by molar-refractivity contribution is 5.85. The zero-order valence-corrected chi connectivity index (χ0v) is 17.4. The highest BCUT2D eigenvalue weighted by Gasteiger charge is 2.51. The van der Waals surface area contributed by atoms with Crippen LogP contribution in [-0.4, -0.2) is 84.2 Å². The summed E-state index contributed by atoms with van der Waals surface area (Å²) < 4.78 is 6.39. The summed E-state index contributed by atoms with van der Waals surface area (Å²) in [5.74, 6) is 2.69. The van der Waals surface area contributed by atoms with Crippen LogP contribution in [-0.2, 0) is 4.74 Å². The second-order valence-electron chi connectivity index (χ2n) is 8.93. The Bertz CT molecular complexity index is 398. The molecule has 1 heterocycles. The number of nitrogens with zero attached hydrogens (tertiary/aromatic N) is 2. The van der Waals surface area contributed by atoms with E-state index in [1.165, 1.54) is 38.5 Å². The van der Waals surface area contributed by atoms with Crippen molar-refractivity contribution in [1.82, 2.24) is 9.80 Å². The van der Waals surface area contributed by atoms with E-state index in [-0.39, 0.29) is 43.1 Å². The van der Waals surface area contributed by atoms with E-state index in [0.717, 1.165) is 57.0 Å². The van der Waals surface area contributed by atoms with E-state index in [0.29, 0.717) is 6.61 Å². The Labute approximate surface area is 170 Å². The lowest BCUT2D eigenvalue weighted by molar-refractivity contribution is -0.176. The standard InChI is InChI=1S/C19H34N2O3.2ClH/c22-6-5-20-1-3-21(4-2-20)13-18(23)14-24-19-10-15-7-16(11-19)9-17(8-15)12-19;;/h15-18,22-23H,1-14H2;2*1H. The summed E-state index contributed by atoms with van der Waals surface area (Å²) in [4.78, 5) is 4.62. The molecule has 0 aromatic heterocycles. The molecule has 0 spiro atoms. The van der Waals surface area contributed by atoms with E-state index < -0.39 is 0 Å². The van der Waals surface area contributed by atoms with Crippen LogP contribution in [0.4, 0.5) is 0 Å². The molecule has 1 unspecified atom stereocenters. The number of halogens is 2. The maximum Gasteiger partial charge on any atom is 0.0900 e. The van der Waals surface area contributed by atoms with Crippen LogP contribution in [0.5, 0.6) is 0 Å². The maximum atomic E-state index is 10.5. The first kappa shape index (κ1) is 22.7. The molecule has 0 aromatic carbocycles. The van der Waals surface area contributed by atoms with Crippen LogP contribution < -0.4 is 0 Å². The first-order valence-electron chi connectivity index (χ1n) is 10.0. The van der Waals surface area contributed by atoms with Crippen molar-refractivity contribution in [3.05, 3.63) is 0 Å². The van der Waals surface area contributed by atoms with Crippen molar-refractivity contribution in [2.24, 2.45) is 17.8 Å². The minimum Gasteiger partial charge on any atom is -0.395 e. The van der Waals surface area contributed by atoms with Crippen LogP contribution in [0.3, 0.4) is 0 Å². The fraction of sp³-hybridized carbons (Fsp3) is 1.00. The van der Waals surface area contributed by atoms with E-state index in [4.69, 9.17) is 9.84 Å². The molecule has 1 aliphatic heterocycles. The van der Waals surface area contributed by atoms with Gasteiger partial charge in [-0.1, -0.05) is 0 Å². The second kappa shape index (κ2) is 9.73. The molecule has 5 fully saturated rings. The van der Waals surface area contributed by atoms with Crippen LogP contribution in [0, 0.1) is 17.8 Å². The number of hydrogen-bond acceptors (Lipinski definition) is 5. The van der Waals surface area contributed by atoms with E-state index in [9.17, 15) is 5.11 Å². The van der Waals surface area contributed by atoms with Gasteiger partial charge >= 0.3 is 0 Å². The van der Waals surface area contributed by atoms with E-state index in [1.807, 2.05) is 0 Å². The minimum atomic E-state index is -0.373. The van der Waals surface area contributed by atoms with Gasteiger partial charge in [-0.15, -0.1) is 24.8 Å². The lowest BCUT2D eigenvalue weighted by Crippen LogP contribution is -2.53. The summed E-state index contributed by atoms with van der Waals surface area (Å²) in [6, 6.07) is 0. The van der Waals surface area contributed by atoms with Gasteiger partial charge in [0, 0.05) is 39.3 Å². The monoisotopic (exact) mass is 410 g/mol. The molecule has 0 amide bonds. The smallest absolute Gasteiger partial charge is 0.0900 e. The molecule has 26 heavy (non-hydrogen) atoms. The van der Waals surface area contributed by atoms with Gasteiger partial charge < -0.3 is 14.9 Å². The van der Waals surface area contributed by atoms with Crippen molar-refractivity contribution < 1.29 is 14.9 Å². The van der Waals surface area contributed by atoms with E-state index >= 15 is 0 Å². The van der Waals surface area contributed by atoms with Gasteiger partial charge in [0.1, 0.15) is 0 Å². The predicted molar refractivity (Wildman–Crippen MR) is 107 cm³/mol. The Morgan fingerprint density at radius 3 is 1.88 bits per heavy atom. The summed E-state index contributed by atoms with van der Waals surface area (Å²) >= 11 is 0. The first-order valence-corrected chi connectivity index (χ1v) is 10.0. The summed E-state index contributed by atoms with van der Waals surface area (Å²) in [6.07, 6.45) is 7.65. The highest BCUT2D eigenvalue weighted by Crippen LogP contribution is 2.57. The molecule has 5 rings (SSSR count). The van der Waals surface area contributed by atoms with Gasteiger partial charge in [-0.25, -0.2) is 0 Å². The Morgan fingerprint density at radius 1 is 0.885 bits per heavy atom. The normalized spacial score (nSPS) is 37.8. The summed E-state index contributed by atoms with van der Waals surface area (Å²) in [5, 5.41) is 19.5. The number of piperazine rings is 1. The lowest BCUT2D eigenvalue weighted by atomic mass is 9.54. The van der Waals surface area contributed by atoms with E-state index in [1.54, 1.807) is 0 Å². The summed E-state index contributed by atoms with van der Waals surface area (Å²) in [6.45, 7) is 6.17. The number of ether oxygens (including phenoxy) is 1. The van der Waals surface area contributed by atoms with Gasteiger partial charge in [0.15, 0.2) is 0 Å². The lowest BCUT2D eigenvalue weighted by Gasteiger charge is -2.56. The topological polar surface area (TPSA) is 56.2 Å². The number of aliphatic hydroxyl groups is 2. The summed E-state index contributed by atoms with van der Waals surface area (Å²) in [7, 11) is 0. The zero-order chi connectivity index (χ0) is 16.6. The molecular formula is C19H36Cl2N2O3. The van der Waals surface area contributed by atoms with Gasteiger partial charge in [0.05, 0.1) is 24.9 Å². The SMILES string of the molecule is Cl.Cl.OCCN1CCN(CC(O)COC23CC4CC(CC(C4)C2)C3)CC1. The number of aliphatic hydroxyl groups excluding tert-OH is 2. The number of β-amino-alcohol motifs (C(OH)–C–C–N with tert-alkyl or cyclic N) is 2. The third kappa shape index (κ3) is 5.25. The second-order valence-corrected chi connectivity index (χ2v) is 8.93. The molecule has 154 valence electrons. The molecule has 4 saturated carbocycles. The van der Waals surface area contributed by atoms with Crippen LogP contribution in [0.2, 0.25) is 0 Å². The molecule has 7 heteroatoms. The van der Waals surface area contributed by atoms with Crippen molar-refractivity contribution in [3.8, 4) is 0 Å². The molecule has 4 bridgehead atoms. The predicted octanol–water partition coefficient (Wildman–Crippen LogP) is 1.79. The number of rotatable bonds is 7. The molecular weight excluding hydrogens is 375 g/mol. The van der Waals surface area contributed by atoms with Crippen LogP contribution in [0.15, 0.2) is 0 Å². The highest BCUT2D eigenvalue weighted by atomic mass is 35.5. The molecule has 0 aromatic rings. The van der Waals surface area contributed by atoms with Gasteiger partial charge in [-0.05, 0) is 56.3 Å². The Balaban J connectivity index is 0.00000121. The molecule has 1 atom stereocenters. The van der Waals surface area contributed by atoms with Crippen molar-refractivity contribution in [2.75, 3.05) is 52.5 Å². The Morgan fingerprint density at radius 2 is 1.38 bits per heavy atom. The van der Waals surface area contributed by atoms with Crippen molar-refractivity contribution >= 4 is 24.8 Å². The van der Waals surface area contributed by atoms with Gasteiger partial charge in [-0.3, -0.25) is 9.80 Å². The van der Waals surface area contributed by atoms with Crippen LogP contribution in [0.25, 0.3) is 0 Å². The average Bonchev–Trinajstić information content (AvgIpc) is 2.54. The zero-order valence-electron chi connectivity index (χ0n) is 15.7. The largest absolute Gasteiger partial charge is 0.395 e. The maximum absolute atomic E-state index is 10.5. The molecule has 5 aliphatic rings. The van der Waals surface area contributed by atoms with Crippen LogP contribution in [0.1, 0.15) is 38.5 Å². The Kier molecular flexibility index (Phi) is 8.48. The first-order chi connectivity index (χ1) is 11.6. The number of hydrogen-bond donors (Lipinski definition) is 2. The molecule has 5 nitrogen and oxygen atoms in total. The van der Waals surface area contributed by atoms with Crippen molar-refractivity contribution in [2.45, 2.75) is 50.2 Å². The fourth-order valence-electron chi connectivity index (χ4n) is 6.17. The molecule has 2 N–H and O–H groups in total. The summed E-state index contributed by atoms with van der Waals surface area (Å²) in [5.41, 5.74) is 0.107. The van der Waals surface area contributed by atoms with Gasteiger partial charge in [0.2, 0.25) is 0 Å². The molecule has 4 aliphatic carbocycles. The van der Waals surface area contributed by atoms with E-state index in [2.05, 4.69) is 9.80 Å². The Hall–Kier alpha value is 0.380. The van der Waals surface area contributed by atoms with Gasteiger partial charge in [0.25, 0.3) is 0 Å². The molecule has 0 radical (unpaired) electrons. The fourth-order valence-corrected chi connectivity index (χ4v) is 6.17. The third-order valence-corrected chi connectivity index (χ3v) is 6.91.